The number of rotatable bonds is 7. The number of Topliss-reactive ketones (excluding diaryl/α,β-unsaturated/α-hetero) is 1. The summed E-state index contributed by atoms with van der Waals surface area (Å²) >= 11 is 0. The molecule has 1 fully saturated rings. The molecule has 30 heavy (non-hydrogen) atoms. The van der Waals surface area contributed by atoms with Crippen molar-refractivity contribution in [2.45, 2.75) is 12.8 Å². The zero-order valence-corrected chi connectivity index (χ0v) is 17.5. The lowest BCUT2D eigenvalue weighted by molar-refractivity contribution is -0.118. The average molecular weight is 408 g/mol. The highest BCUT2D eigenvalue weighted by atomic mass is 16.5. The van der Waals surface area contributed by atoms with Crippen molar-refractivity contribution in [3.8, 4) is 5.75 Å². The molecule has 158 valence electrons. The fraction of sp³-hybridized carbons (Fsp3) is 0.417. The van der Waals surface area contributed by atoms with Crippen LogP contribution in [-0.2, 0) is 11.2 Å². The lowest BCUT2D eigenvalue weighted by Gasteiger charge is -2.34. The van der Waals surface area contributed by atoms with E-state index in [1.165, 1.54) is 0 Å². The van der Waals surface area contributed by atoms with Crippen LogP contribution in [0.1, 0.15) is 22.3 Å². The highest BCUT2D eigenvalue weighted by Crippen LogP contribution is 2.27. The van der Waals surface area contributed by atoms with Crippen molar-refractivity contribution >= 4 is 17.4 Å². The van der Waals surface area contributed by atoms with Gasteiger partial charge in [0, 0.05) is 57.4 Å². The molecule has 0 N–H and O–H groups in total. The molecule has 6 nitrogen and oxygen atoms in total. The van der Waals surface area contributed by atoms with Crippen molar-refractivity contribution in [2.75, 3.05) is 57.8 Å². The van der Waals surface area contributed by atoms with E-state index in [1.54, 1.807) is 11.9 Å². The van der Waals surface area contributed by atoms with Gasteiger partial charge in [-0.1, -0.05) is 18.2 Å². The number of para-hydroxylation sites is 1. The van der Waals surface area contributed by atoms with Crippen LogP contribution in [0.2, 0.25) is 0 Å². The molecule has 0 spiro atoms. The van der Waals surface area contributed by atoms with E-state index in [4.69, 9.17) is 4.74 Å². The van der Waals surface area contributed by atoms with E-state index in [2.05, 4.69) is 9.80 Å². The highest BCUT2D eigenvalue weighted by Gasteiger charge is 2.23. The number of hydrogen-bond acceptors (Lipinski definition) is 5. The molecule has 1 amide bonds. The molecule has 0 unspecified atom stereocenters. The van der Waals surface area contributed by atoms with Gasteiger partial charge in [-0.15, -0.1) is 0 Å². The third-order valence-electron chi connectivity index (χ3n) is 6.00. The molecular weight excluding hydrogens is 378 g/mol. The van der Waals surface area contributed by atoms with E-state index in [-0.39, 0.29) is 11.7 Å². The second-order valence-corrected chi connectivity index (χ2v) is 8.00. The van der Waals surface area contributed by atoms with Gasteiger partial charge in [0.2, 0.25) is 5.91 Å². The van der Waals surface area contributed by atoms with Gasteiger partial charge >= 0.3 is 0 Å². The van der Waals surface area contributed by atoms with Gasteiger partial charge in [0.15, 0.2) is 5.78 Å². The van der Waals surface area contributed by atoms with Crippen LogP contribution >= 0.6 is 0 Å². The minimum atomic E-state index is 0.133. The van der Waals surface area contributed by atoms with E-state index in [1.807, 2.05) is 48.5 Å². The summed E-state index contributed by atoms with van der Waals surface area (Å²) in [6.07, 6.45) is 1.22. The number of benzene rings is 2. The zero-order chi connectivity index (χ0) is 20.9. The average Bonchev–Trinajstić information content (AvgIpc) is 2.78. The summed E-state index contributed by atoms with van der Waals surface area (Å²) in [4.78, 5) is 30.9. The predicted molar refractivity (Wildman–Crippen MR) is 117 cm³/mol. The number of ether oxygens (including phenoxy) is 1. The van der Waals surface area contributed by atoms with Gasteiger partial charge in [0.1, 0.15) is 12.4 Å². The number of aryl methyl sites for hydroxylation is 1. The molecule has 0 atom stereocenters. The maximum absolute atomic E-state index is 12.8. The molecular formula is C24H29N3O3. The van der Waals surface area contributed by atoms with Gasteiger partial charge in [-0.3, -0.25) is 19.4 Å². The van der Waals surface area contributed by atoms with E-state index in [9.17, 15) is 9.59 Å². The van der Waals surface area contributed by atoms with E-state index >= 15 is 0 Å². The number of carbonyl (C=O) groups is 2. The third kappa shape index (κ3) is 4.89. The number of piperazine rings is 1. The van der Waals surface area contributed by atoms with Crippen LogP contribution in [0.15, 0.2) is 48.5 Å². The predicted octanol–water partition coefficient (Wildman–Crippen LogP) is 2.47. The fourth-order valence-corrected chi connectivity index (χ4v) is 4.10. The maximum atomic E-state index is 12.8. The molecule has 0 radical (unpaired) electrons. The molecule has 0 saturated carbocycles. The largest absolute Gasteiger partial charge is 0.492 e. The number of hydrogen-bond donors (Lipinski definition) is 0. The van der Waals surface area contributed by atoms with E-state index < -0.39 is 0 Å². The molecule has 2 aromatic carbocycles. The first-order chi connectivity index (χ1) is 14.6. The molecule has 2 aliphatic heterocycles. The lowest BCUT2D eigenvalue weighted by atomic mass is 9.97. The quantitative estimate of drug-likeness (QED) is 0.660. The Morgan fingerprint density at radius 2 is 1.70 bits per heavy atom. The van der Waals surface area contributed by atoms with Crippen molar-refractivity contribution in [1.82, 2.24) is 9.80 Å². The van der Waals surface area contributed by atoms with Gasteiger partial charge in [-0.25, -0.2) is 0 Å². The monoisotopic (exact) mass is 407 g/mol. The van der Waals surface area contributed by atoms with Gasteiger partial charge < -0.3 is 9.64 Å². The van der Waals surface area contributed by atoms with E-state index in [0.717, 1.165) is 55.3 Å². The Bertz CT molecular complexity index is 892. The summed E-state index contributed by atoms with van der Waals surface area (Å²) in [5.41, 5.74) is 2.76. The number of carbonyl (C=O) groups excluding carboxylic acids is 2. The number of nitrogens with zero attached hydrogens (tertiary/aromatic N) is 3. The Morgan fingerprint density at radius 1 is 0.967 bits per heavy atom. The summed E-state index contributed by atoms with van der Waals surface area (Å²) in [5.74, 6) is 1.19. The Balaban J connectivity index is 1.23. The van der Waals surface area contributed by atoms with E-state index in [0.29, 0.717) is 26.0 Å². The molecule has 2 heterocycles. The first-order valence-electron chi connectivity index (χ1n) is 10.7. The van der Waals surface area contributed by atoms with Crippen molar-refractivity contribution in [1.29, 1.82) is 0 Å². The smallest absolute Gasteiger partial charge is 0.227 e. The Labute approximate surface area is 178 Å². The Morgan fingerprint density at radius 3 is 2.47 bits per heavy atom. The van der Waals surface area contributed by atoms with Crippen LogP contribution in [0.4, 0.5) is 5.69 Å². The summed E-state index contributed by atoms with van der Waals surface area (Å²) < 4.78 is 5.78. The molecule has 4 rings (SSSR count). The molecule has 0 aromatic heterocycles. The van der Waals surface area contributed by atoms with Crippen LogP contribution in [0.5, 0.6) is 5.75 Å². The van der Waals surface area contributed by atoms with Crippen LogP contribution in [0, 0.1) is 0 Å². The molecule has 0 aliphatic carbocycles. The molecule has 1 saturated heterocycles. The zero-order valence-electron chi connectivity index (χ0n) is 17.5. The first kappa shape index (κ1) is 20.6. The molecule has 6 heteroatoms. The summed E-state index contributed by atoms with van der Waals surface area (Å²) in [5, 5.41) is 0. The highest BCUT2D eigenvalue weighted by molar-refractivity contribution is 6.00. The first-order valence-corrected chi connectivity index (χ1v) is 10.7. The van der Waals surface area contributed by atoms with Gasteiger partial charge in [-0.05, 0) is 42.3 Å². The number of ketones is 1. The maximum Gasteiger partial charge on any atom is 0.227 e. The standard InChI is InChI=1S/C24H29N3O3/c1-25-22-9-7-20(17-19(22)8-10-24(25)29)23(28)18-27-13-11-26(12-14-27)15-16-30-21-5-3-2-4-6-21/h2-7,9,17H,8,10-16,18H2,1H3. The number of anilines is 1. The second kappa shape index (κ2) is 9.41. The van der Waals surface area contributed by atoms with Crippen LogP contribution < -0.4 is 9.64 Å². The minimum absolute atomic E-state index is 0.133. The molecule has 2 aromatic rings. The van der Waals surface area contributed by atoms with Crippen LogP contribution in [0.25, 0.3) is 0 Å². The number of fused-ring (bicyclic) bond motifs is 1. The SMILES string of the molecule is CN1C(=O)CCc2cc(C(=O)CN3CCN(CCOc4ccccc4)CC3)ccc21. The summed E-state index contributed by atoms with van der Waals surface area (Å²) in [7, 11) is 1.80. The summed E-state index contributed by atoms with van der Waals surface area (Å²) in [6.45, 7) is 5.69. The Hall–Kier alpha value is -2.70. The third-order valence-corrected chi connectivity index (χ3v) is 6.00. The van der Waals surface area contributed by atoms with Gasteiger partial charge in [0.05, 0.1) is 6.54 Å². The van der Waals surface area contributed by atoms with Crippen LogP contribution in [-0.4, -0.2) is 74.4 Å². The summed E-state index contributed by atoms with van der Waals surface area (Å²) in [6, 6.07) is 15.6. The van der Waals surface area contributed by atoms with Crippen molar-refractivity contribution in [2.24, 2.45) is 0 Å². The van der Waals surface area contributed by atoms with Crippen molar-refractivity contribution in [3.63, 3.8) is 0 Å². The molecule has 0 bridgehead atoms. The van der Waals surface area contributed by atoms with Gasteiger partial charge in [-0.2, -0.15) is 0 Å². The van der Waals surface area contributed by atoms with Gasteiger partial charge in [0.25, 0.3) is 0 Å². The molecule has 2 aliphatic rings. The minimum Gasteiger partial charge on any atom is -0.492 e. The fourth-order valence-electron chi connectivity index (χ4n) is 4.10. The van der Waals surface area contributed by atoms with Crippen LogP contribution in [0.3, 0.4) is 0 Å². The van der Waals surface area contributed by atoms with Crippen molar-refractivity contribution in [3.05, 3.63) is 59.7 Å². The lowest BCUT2D eigenvalue weighted by Crippen LogP contribution is -2.48. The Kier molecular flexibility index (Phi) is 6.45. The topological polar surface area (TPSA) is 53.1 Å². The normalized spacial score (nSPS) is 17.6. The number of amides is 1. The van der Waals surface area contributed by atoms with Crippen molar-refractivity contribution < 1.29 is 14.3 Å². The second-order valence-electron chi connectivity index (χ2n) is 8.00.